The maximum absolute atomic E-state index is 14.4. The monoisotopic (exact) mass is 989 g/mol. The fourth-order valence-corrected chi connectivity index (χ4v) is 10.8. The van der Waals surface area contributed by atoms with Crippen LogP contribution in [0, 0.1) is 17.8 Å². The lowest BCUT2D eigenvalue weighted by molar-refractivity contribution is -0.181. The normalized spacial score (nSPS) is 31.2. The van der Waals surface area contributed by atoms with Gasteiger partial charge in [-0.3, -0.25) is 34.2 Å². The van der Waals surface area contributed by atoms with Crippen LogP contribution in [0.2, 0.25) is 5.02 Å². The number of allylic oxidation sites excluding steroid dienone is 3. The second-order valence-corrected chi connectivity index (χ2v) is 20.5. The van der Waals surface area contributed by atoms with E-state index in [1.165, 1.54) is 61.8 Å². The highest BCUT2D eigenvalue weighted by molar-refractivity contribution is 8.00. The van der Waals surface area contributed by atoms with Crippen LogP contribution in [0.25, 0.3) is 0 Å². The fourth-order valence-electron chi connectivity index (χ4n) is 9.38. The summed E-state index contributed by atoms with van der Waals surface area (Å²) in [6.07, 6.45) is 3.81. The molecule has 18 nitrogen and oxygen atoms in total. The lowest BCUT2D eigenvalue weighted by atomic mass is 9.81. The number of likely N-dealkylation sites (N-methyl/N-ethyl adjacent to an activating group) is 1. The van der Waals surface area contributed by atoms with E-state index in [2.05, 4.69) is 5.32 Å². The van der Waals surface area contributed by atoms with Crippen molar-refractivity contribution in [2.75, 3.05) is 52.6 Å². The van der Waals surface area contributed by atoms with Crippen molar-refractivity contribution in [2.45, 2.75) is 133 Å². The molecule has 20 heteroatoms. The first-order valence-electron chi connectivity index (χ1n) is 23.0. The minimum Gasteiger partial charge on any atom is -0.495 e. The van der Waals surface area contributed by atoms with Gasteiger partial charge in [-0.2, -0.15) is 0 Å². The number of halogens is 1. The van der Waals surface area contributed by atoms with Crippen LogP contribution in [-0.2, 0) is 54.1 Å². The number of thioether (sulfide) groups is 1. The molecule has 3 aliphatic heterocycles. The number of fused-ring (bicyclic) bond motifs is 4. The Morgan fingerprint density at radius 2 is 1.76 bits per heavy atom. The molecule has 68 heavy (non-hydrogen) atoms. The number of imide groups is 1. The van der Waals surface area contributed by atoms with Gasteiger partial charge in [0.05, 0.1) is 24.5 Å². The highest BCUT2D eigenvalue weighted by atomic mass is 35.5. The number of aliphatic hydroxyl groups is 1. The smallest absolute Gasteiger partial charge is 0.409 e. The molecule has 5 rings (SSSR count). The number of nitrogens with zero attached hydrogens (tertiary/aromatic N) is 3. The molecule has 2 saturated heterocycles. The summed E-state index contributed by atoms with van der Waals surface area (Å²) in [4.78, 5) is 96.8. The molecule has 4 N–H and O–H groups in total. The number of esters is 1. The third-order valence-electron chi connectivity index (χ3n) is 14.0. The second kappa shape index (κ2) is 23.3. The van der Waals surface area contributed by atoms with E-state index >= 15 is 0 Å². The van der Waals surface area contributed by atoms with Crippen molar-refractivity contribution in [2.24, 2.45) is 23.5 Å². The highest BCUT2D eigenvalue weighted by Gasteiger charge is 2.49. The number of likely N-dealkylation sites (tertiary alicyclic amines) is 1. The third kappa shape index (κ3) is 12.9. The molecule has 0 radical (unpaired) electrons. The van der Waals surface area contributed by atoms with Crippen molar-refractivity contribution in [1.29, 1.82) is 0 Å². The van der Waals surface area contributed by atoms with E-state index in [1.807, 2.05) is 13.0 Å². The molecular formula is C48H68ClN5O13S. The van der Waals surface area contributed by atoms with Crippen molar-refractivity contribution < 1.29 is 62.4 Å². The maximum atomic E-state index is 14.4. The van der Waals surface area contributed by atoms with E-state index in [9.17, 15) is 38.7 Å². The molecule has 6 amide bonds. The van der Waals surface area contributed by atoms with E-state index in [1.54, 1.807) is 45.2 Å². The number of ether oxygens (including phenoxy) is 5. The Balaban J connectivity index is 1.34. The number of primary amides is 1. The predicted octanol–water partition coefficient (Wildman–Crippen LogP) is 4.69. The Hall–Kier alpha value is -4.69. The number of alkyl carbamates (subject to hydrolysis) is 1. The number of benzene rings is 1. The summed E-state index contributed by atoms with van der Waals surface area (Å²) >= 11 is 8.03. The average molecular weight is 991 g/mol. The van der Waals surface area contributed by atoms with Crippen LogP contribution in [0.4, 0.5) is 10.5 Å². The van der Waals surface area contributed by atoms with Crippen LogP contribution >= 0.6 is 23.4 Å². The molecule has 4 bridgehead atoms. The zero-order chi connectivity index (χ0) is 50.2. The van der Waals surface area contributed by atoms with Crippen molar-refractivity contribution in [3.8, 4) is 5.75 Å². The molecule has 3 heterocycles. The minimum absolute atomic E-state index is 0.0211. The van der Waals surface area contributed by atoms with E-state index in [0.29, 0.717) is 50.1 Å². The van der Waals surface area contributed by atoms with Gasteiger partial charge in [-0.05, 0) is 88.8 Å². The second-order valence-electron chi connectivity index (χ2n) is 18.8. The van der Waals surface area contributed by atoms with Crippen molar-refractivity contribution in [1.82, 2.24) is 15.1 Å². The molecule has 1 aliphatic carbocycles. The molecule has 376 valence electrons. The van der Waals surface area contributed by atoms with Crippen LogP contribution in [0.5, 0.6) is 5.75 Å². The summed E-state index contributed by atoms with van der Waals surface area (Å²) in [7, 11) is 7.29. The average Bonchev–Trinajstić information content (AvgIpc) is 3.56. The van der Waals surface area contributed by atoms with Gasteiger partial charge in [0.15, 0.2) is 5.72 Å². The maximum Gasteiger partial charge on any atom is 0.409 e. The molecule has 4 aliphatic rings. The van der Waals surface area contributed by atoms with Gasteiger partial charge in [0.1, 0.15) is 40.7 Å². The number of rotatable bonds is 13. The standard InChI is InChI=1S/C48H68ClN5O13S/c1-27-11-10-12-37(64-8)48(62)25-35(66-46(61)51-48)28(2)24-47(4,65-9)38(23-40(56)53(6)33-20-31(19-27)21-34(63-7)42(33)49)67-45(60)29(3)52(5)39(55)17-18-68-36-22-41(57)54(44(36)59)26-30-13-15-32(16-14-30)43(50)58/h10-12,20-21,28-30,32,35-38,62H,13-19,22-26H2,1-9H3,(H2,50,58)(H,51,61)/b12-10+,27-11+/t28-,29-,30?,32?,35-,36?,37+,38-,47+,48-/m0/s1. The Morgan fingerprint density at radius 3 is 2.40 bits per heavy atom. The number of carbonyl (C=O) groups excluding carboxylic acids is 7. The van der Waals surface area contributed by atoms with Crippen LogP contribution in [0.1, 0.15) is 91.0 Å². The van der Waals surface area contributed by atoms with Gasteiger partial charge in [-0.15, -0.1) is 11.8 Å². The zero-order valence-electron chi connectivity index (χ0n) is 40.5. The molecule has 1 unspecified atom stereocenters. The van der Waals surface area contributed by atoms with E-state index in [4.69, 9.17) is 41.0 Å². The number of anilines is 1. The quantitative estimate of drug-likeness (QED) is 0.180. The number of nitrogens with two attached hydrogens (primary N) is 1. The van der Waals surface area contributed by atoms with Crippen LogP contribution in [0.15, 0.2) is 35.9 Å². The molecule has 1 aromatic rings. The SMILES string of the molecule is COc1cc2cc(c1Cl)N(C)C(=O)C[C@H](OC(=O)[C@H](C)N(C)C(=O)CCSC1CC(=O)N(CC3CCC(C(N)=O)CC3)C1=O)[C@](C)(OC)C[C@H](C)[C@@H]1C[C@@](O)(NC(=O)O1)[C@H](OC)/C=C/C=C(\C)C2. The molecule has 1 aromatic carbocycles. The van der Waals surface area contributed by atoms with Gasteiger partial charge in [0.25, 0.3) is 0 Å². The van der Waals surface area contributed by atoms with Crippen molar-refractivity contribution in [3.63, 3.8) is 0 Å². The molecular weight excluding hydrogens is 922 g/mol. The van der Waals surface area contributed by atoms with Gasteiger partial charge in [0.2, 0.25) is 29.5 Å². The summed E-state index contributed by atoms with van der Waals surface area (Å²) < 4.78 is 29.3. The van der Waals surface area contributed by atoms with E-state index < -0.39 is 77.1 Å². The summed E-state index contributed by atoms with van der Waals surface area (Å²) in [5.74, 6) is -2.74. The predicted molar refractivity (Wildman–Crippen MR) is 255 cm³/mol. The van der Waals surface area contributed by atoms with Gasteiger partial charge < -0.3 is 44.3 Å². The summed E-state index contributed by atoms with van der Waals surface area (Å²) in [5.41, 5.74) is 4.17. The van der Waals surface area contributed by atoms with E-state index in [0.717, 1.165) is 11.1 Å². The largest absolute Gasteiger partial charge is 0.495 e. The lowest BCUT2D eigenvalue weighted by Crippen LogP contribution is -2.63. The molecule has 1 saturated carbocycles. The third-order valence-corrected chi connectivity index (χ3v) is 15.6. The number of amides is 6. The van der Waals surface area contributed by atoms with E-state index in [-0.39, 0.29) is 66.0 Å². The number of carbonyl (C=O) groups is 7. The zero-order valence-corrected chi connectivity index (χ0v) is 42.1. The van der Waals surface area contributed by atoms with Gasteiger partial charge in [0, 0.05) is 65.8 Å². The Morgan fingerprint density at radius 1 is 1.07 bits per heavy atom. The molecule has 0 spiro atoms. The first-order chi connectivity index (χ1) is 32.0. The minimum atomic E-state index is -1.87. The van der Waals surface area contributed by atoms with Gasteiger partial charge in [-0.1, -0.05) is 42.3 Å². The van der Waals surface area contributed by atoms with Gasteiger partial charge in [-0.25, -0.2) is 9.59 Å². The molecule has 3 fully saturated rings. The Bertz CT molecular complexity index is 2130. The van der Waals surface area contributed by atoms with Gasteiger partial charge >= 0.3 is 12.1 Å². The van der Waals surface area contributed by atoms with Crippen molar-refractivity contribution in [3.05, 3.63) is 46.5 Å². The summed E-state index contributed by atoms with van der Waals surface area (Å²) in [6.45, 7) is 7.15. The number of hydrogen-bond donors (Lipinski definition) is 3. The summed E-state index contributed by atoms with van der Waals surface area (Å²) in [5, 5.41) is 13.9. The number of methoxy groups -OCH3 is 3. The summed E-state index contributed by atoms with van der Waals surface area (Å²) in [6, 6.07) is 2.39. The van der Waals surface area contributed by atoms with Crippen LogP contribution < -0.4 is 20.7 Å². The Kier molecular flexibility index (Phi) is 18.6. The highest BCUT2D eigenvalue weighted by Crippen LogP contribution is 2.40. The topological polar surface area (TPSA) is 234 Å². The van der Waals surface area contributed by atoms with Crippen LogP contribution in [0.3, 0.4) is 0 Å². The Labute approximate surface area is 407 Å². The van der Waals surface area contributed by atoms with Crippen LogP contribution in [-0.4, -0.2) is 145 Å². The molecule has 0 aromatic heterocycles. The number of nitrogens with one attached hydrogen (secondary N) is 1. The number of hydrogen-bond acceptors (Lipinski definition) is 14. The first kappa shape index (κ1) is 54.3. The lowest BCUT2D eigenvalue weighted by Gasteiger charge is -2.44. The first-order valence-corrected chi connectivity index (χ1v) is 24.4. The fraction of sp³-hybridized carbons (Fsp3) is 0.646. The molecule has 8 atom stereocenters. The van der Waals surface area contributed by atoms with Crippen molar-refractivity contribution >= 4 is 70.6 Å².